The maximum Gasteiger partial charge on any atom is 0.483 e. The second kappa shape index (κ2) is 12.2. The monoisotopic (exact) mass is 200 g/mol. The van der Waals surface area contributed by atoms with Gasteiger partial charge >= 0.3 is 9.53 Å². The van der Waals surface area contributed by atoms with E-state index in [4.69, 9.17) is 13.3 Å². The Bertz CT molecular complexity index is 45.5. The zero-order chi connectivity index (χ0) is 8.41. The van der Waals surface area contributed by atoms with E-state index in [1.807, 2.05) is 0 Å². The minimum Gasteiger partial charge on any atom is -0.471 e. The van der Waals surface area contributed by atoms with E-state index in [2.05, 4.69) is 4.12 Å². The summed E-state index contributed by atoms with van der Waals surface area (Å²) in [6.45, 7) is 0. The Morgan fingerprint density at radius 1 is 0.900 bits per heavy atom. The van der Waals surface area contributed by atoms with Crippen LogP contribution in [0.15, 0.2) is 0 Å². The van der Waals surface area contributed by atoms with E-state index >= 15 is 0 Å². The Balaban J connectivity index is 0. The van der Waals surface area contributed by atoms with Gasteiger partial charge in [0.15, 0.2) is 0 Å². The smallest absolute Gasteiger partial charge is 0.471 e. The van der Waals surface area contributed by atoms with Crippen molar-refractivity contribution in [2.24, 2.45) is 0 Å². The molecule has 0 aliphatic heterocycles. The van der Waals surface area contributed by atoms with Gasteiger partial charge in [0.1, 0.15) is 21.0 Å². The van der Waals surface area contributed by atoms with Crippen LogP contribution in [-0.4, -0.2) is 51.8 Å². The van der Waals surface area contributed by atoms with Gasteiger partial charge in [-0.15, -0.1) is 0 Å². The third kappa shape index (κ3) is 11.3. The van der Waals surface area contributed by atoms with Crippen molar-refractivity contribution < 1.29 is 17.4 Å². The van der Waals surface area contributed by atoms with Crippen LogP contribution in [0.2, 0.25) is 0 Å². The summed E-state index contributed by atoms with van der Waals surface area (Å²) in [7, 11) is 4.91. The molecule has 0 amide bonds. The van der Waals surface area contributed by atoms with Crippen molar-refractivity contribution in [3.63, 3.8) is 0 Å². The van der Waals surface area contributed by atoms with E-state index in [0.29, 0.717) is 0 Å². The first-order chi connectivity index (χ1) is 4.76. The van der Waals surface area contributed by atoms with Crippen LogP contribution in [0.5, 0.6) is 0 Å². The lowest BCUT2D eigenvalue weighted by Crippen LogP contribution is -2.21. The van der Waals surface area contributed by atoms with Gasteiger partial charge in [-0.25, -0.2) is 0 Å². The molecule has 4 nitrogen and oxygen atoms in total. The van der Waals surface area contributed by atoms with Gasteiger partial charge < -0.3 is 17.4 Å². The van der Waals surface area contributed by atoms with Gasteiger partial charge in [0, 0.05) is 21.3 Å². The molecule has 64 valence electrons. The standard InChI is InChI=1S/C3H10O3Si.H6OSi2/c1-4-7(5-2)6-3;2-1-3/h7H,1-3H3;2-3H3. The van der Waals surface area contributed by atoms with Crippen molar-refractivity contribution in [2.75, 3.05) is 21.3 Å². The predicted octanol–water partition coefficient (Wildman–Crippen LogP) is -2.79. The summed E-state index contributed by atoms with van der Waals surface area (Å²) in [6, 6.07) is 0. The summed E-state index contributed by atoms with van der Waals surface area (Å²) in [5, 5.41) is 0. The van der Waals surface area contributed by atoms with Gasteiger partial charge in [-0.1, -0.05) is 0 Å². The molecule has 7 heteroatoms. The van der Waals surface area contributed by atoms with Crippen molar-refractivity contribution in [2.45, 2.75) is 0 Å². The normalized spacial score (nSPS) is 9.60. The van der Waals surface area contributed by atoms with Crippen molar-refractivity contribution in [3.8, 4) is 0 Å². The SMILES string of the molecule is CO[SiH](OC)OC.[SiH3]O[SiH3]. The molecule has 0 aliphatic rings. The molecule has 10 heavy (non-hydrogen) atoms. The predicted molar refractivity (Wildman–Crippen MR) is 49.1 cm³/mol. The summed E-state index contributed by atoms with van der Waals surface area (Å²) < 4.78 is 18.8. The molecule has 0 atom stereocenters. The zero-order valence-electron chi connectivity index (χ0n) is 7.21. The van der Waals surface area contributed by atoms with Crippen LogP contribution in [0.1, 0.15) is 0 Å². The van der Waals surface area contributed by atoms with Crippen LogP contribution in [0.4, 0.5) is 0 Å². The van der Waals surface area contributed by atoms with Crippen LogP contribution >= 0.6 is 0 Å². The fourth-order valence-corrected chi connectivity index (χ4v) is 0.866. The average molecular weight is 200 g/mol. The molecule has 0 bridgehead atoms. The Morgan fingerprint density at radius 2 is 1.10 bits per heavy atom. The van der Waals surface area contributed by atoms with E-state index in [-0.39, 0.29) is 0 Å². The lowest BCUT2D eigenvalue weighted by atomic mass is 11.8. The maximum atomic E-state index is 4.74. The van der Waals surface area contributed by atoms with Crippen molar-refractivity contribution >= 4 is 30.5 Å². The minimum atomic E-state index is -1.67. The molecule has 0 fully saturated rings. The number of hydrogen-bond donors (Lipinski definition) is 0. The molecule has 0 saturated heterocycles. The molecule has 0 radical (unpaired) electrons. The van der Waals surface area contributed by atoms with Gasteiger partial charge in [-0.2, -0.15) is 0 Å². The molecule has 0 heterocycles. The summed E-state index contributed by atoms with van der Waals surface area (Å²) in [4.78, 5) is 0. The number of rotatable bonds is 3. The largest absolute Gasteiger partial charge is 0.483 e. The lowest BCUT2D eigenvalue weighted by Gasteiger charge is -2.05. The molecule has 0 rings (SSSR count). The van der Waals surface area contributed by atoms with Crippen LogP contribution in [0, 0.1) is 0 Å². The van der Waals surface area contributed by atoms with Gasteiger partial charge in [-0.3, -0.25) is 0 Å². The second-order valence-electron chi connectivity index (χ2n) is 1.40. The maximum absolute atomic E-state index is 4.74. The van der Waals surface area contributed by atoms with Gasteiger partial charge in [-0.05, 0) is 0 Å². The van der Waals surface area contributed by atoms with Crippen molar-refractivity contribution in [3.05, 3.63) is 0 Å². The quantitative estimate of drug-likeness (QED) is 0.462. The highest BCUT2D eigenvalue weighted by Gasteiger charge is 2.04. The molecule has 0 aromatic rings. The van der Waals surface area contributed by atoms with Gasteiger partial charge in [0.2, 0.25) is 0 Å². The molecule has 0 aliphatic carbocycles. The molecular weight excluding hydrogens is 184 g/mol. The molecule has 0 N–H and O–H groups in total. The highest BCUT2D eigenvalue weighted by atomic mass is 28.3. The van der Waals surface area contributed by atoms with Crippen molar-refractivity contribution in [1.29, 1.82) is 0 Å². The van der Waals surface area contributed by atoms with E-state index in [1.165, 1.54) is 0 Å². The van der Waals surface area contributed by atoms with Crippen LogP contribution in [0.3, 0.4) is 0 Å². The fourth-order valence-electron chi connectivity index (χ4n) is 0.289. The lowest BCUT2D eigenvalue weighted by molar-refractivity contribution is 0.163. The first kappa shape index (κ1) is 13.1. The van der Waals surface area contributed by atoms with E-state index in [9.17, 15) is 0 Å². The molecule has 0 aromatic carbocycles. The Kier molecular flexibility index (Phi) is 16.0. The highest BCUT2D eigenvalue weighted by Crippen LogP contribution is 1.81. The third-order valence-electron chi connectivity index (χ3n) is 0.577. The summed E-state index contributed by atoms with van der Waals surface area (Å²) in [5.41, 5.74) is 0. The molecular formula is C3H16O4Si3. The fraction of sp³-hybridized carbons (Fsp3) is 1.00. The van der Waals surface area contributed by atoms with Crippen LogP contribution in [-0.2, 0) is 17.4 Å². The molecule has 0 aromatic heterocycles. The zero-order valence-corrected chi connectivity index (χ0v) is 12.4. The summed E-state index contributed by atoms with van der Waals surface area (Å²) >= 11 is 0. The summed E-state index contributed by atoms with van der Waals surface area (Å²) in [6.07, 6.45) is 0. The van der Waals surface area contributed by atoms with Gasteiger partial charge in [0.25, 0.3) is 0 Å². The van der Waals surface area contributed by atoms with Crippen molar-refractivity contribution in [1.82, 2.24) is 0 Å². The molecule has 0 spiro atoms. The summed E-state index contributed by atoms with van der Waals surface area (Å²) in [5.74, 6) is 0. The number of hydrogen-bond acceptors (Lipinski definition) is 4. The first-order valence-corrected chi connectivity index (χ1v) is 5.80. The van der Waals surface area contributed by atoms with Gasteiger partial charge in [0.05, 0.1) is 0 Å². The van der Waals surface area contributed by atoms with Crippen LogP contribution in [0.25, 0.3) is 0 Å². The van der Waals surface area contributed by atoms with E-state index in [1.54, 1.807) is 21.3 Å². The Hall–Kier alpha value is 0.491. The first-order valence-electron chi connectivity index (χ1n) is 2.75. The van der Waals surface area contributed by atoms with E-state index in [0.717, 1.165) is 21.0 Å². The van der Waals surface area contributed by atoms with Crippen LogP contribution < -0.4 is 0 Å². The Labute approximate surface area is 69.9 Å². The molecule has 0 unspecified atom stereocenters. The van der Waals surface area contributed by atoms with E-state index < -0.39 is 9.53 Å². The second-order valence-corrected chi connectivity index (χ2v) is 6.66. The third-order valence-corrected chi connectivity index (χ3v) is 1.73. The topological polar surface area (TPSA) is 36.9 Å². The Morgan fingerprint density at radius 3 is 1.10 bits per heavy atom. The minimum absolute atomic E-state index is 0.931. The average Bonchev–Trinajstić information content (AvgIpc) is 1.93. The highest BCUT2D eigenvalue weighted by molar-refractivity contribution is 6.36. The molecule has 0 saturated carbocycles.